The molecule has 0 amide bonds. The molecule has 0 spiro atoms. The Labute approximate surface area is 98.3 Å². The van der Waals surface area contributed by atoms with E-state index < -0.39 is 12.7 Å². The van der Waals surface area contributed by atoms with Crippen LogP contribution in [0.3, 0.4) is 0 Å². The van der Waals surface area contributed by atoms with Crippen LogP contribution >= 0.6 is 12.2 Å². The molecular formula is C8H6F3N5S. The summed E-state index contributed by atoms with van der Waals surface area (Å²) in [5, 5.41) is 6.05. The van der Waals surface area contributed by atoms with Crippen LogP contribution in [0.15, 0.2) is 18.7 Å². The van der Waals surface area contributed by atoms with Crippen molar-refractivity contribution in [1.29, 1.82) is 0 Å². The lowest BCUT2D eigenvalue weighted by atomic mass is 10.3. The van der Waals surface area contributed by atoms with E-state index in [0.717, 1.165) is 4.57 Å². The number of halogens is 3. The molecule has 0 atom stereocenters. The summed E-state index contributed by atoms with van der Waals surface area (Å²) in [4.78, 5) is 7.43. The average Bonchev–Trinajstić information content (AvgIpc) is 2.60. The van der Waals surface area contributed by atoms with E-state index in [9.17, 15) is 13.2 Å². The quantitative estimate of drug-likeness (QED) is 0.839. The average molecular weight is 261 g/mol. The molecule has 9 heteroatoms. The van der Waals surface area contributed by atoms with E-state index in [-0.39, 0.29) is 10.6 Å². The number of aromatic nitrogens is 5. The number of hydrogen-bond acceptors (Lipinski definition) is 4. The van der Waals surface area contributed by atoms with Crippen molar-refractivity contribution in [3.8, 4) is 11.4 Å². The first-order valence-electron chi connectivity index (χ1n) is 4.45. The lowest BCUT2D eigenvalue weighted by molar-refractivity contribution is -0.140. The normalized spacial score (nSPS) is 11.7. The minimum Gasteiger partial charge on any atom is -0.291 e. The molecule has 2 heterocycles. The van der Waals surface area contributed by atoms with Crippen LogP contribution in [0.25, 0.3) is 11.4 Å². The second kappa shape index (κ2) is 4.24. The third kappa shape index (κ3) is 2.67. The van der Waals surface area contributed by atoms with E-state index in [1.165, 1.54) is 18.7 Å². The Morgan fingerprint density at radius 3 is 2.53 bits per heavy atom. The van der Waals surface area contributed by atoms with Crippen LogP contribution < -0.4 is 0 Å². The van der Waals surface area contributed by atoms with E-state index in [0.29, 0.717) is 5.56 Å². The monoisotopic (exact) mass is 261 g/mol. The van der Waals surface area contributed by atoms with Crippen molar-refractivity contribution in [2.75, 3.05) is 0 Å². The van der Waals surface area contributed by atoms with Gasteiger partial charge in [0.25, 0.3) is 0 Å². The van der Waals surface area contributed by atoms with Gasteiger partial charge in [-0.05, 0) is 12.2 Å². The van der Waals surface area contributed by atoms with Crippen LogP contribution in [-0.2, 0) is 6.54 Å². The number of nitrogens with one attached hydrogen (secondary N) is 1. The lowest BCUT2D eigenvalue weighted by Gasteiger charge is -2.09. The van der Waals surface area contributed by atoms with Crippen LogP contribution in [0.2, 0.25) is 0 Å². The maximum atomic E-state index is 12.4. The fourth-order valence-corrected chi connectivity index (χ4v) is 1.48. The van der Waals surface area contributed by atoms with E-state index in [1.807, 2.05) is 0 Å². The van der Waals surface area contributed by atoms with Crippen LogP contribution in [-0.4, -0.2) is 30.9 Å². The first-order chi connectivity index (χ1) is 7.97. The molecule has 0 fully saturated rings. The van der Waals surface area contributed by atoms with Crippen molar-refractivity contribution in [2.24, 2.45) is 0 Å². The van der Waals surface area contributed by atoms with Crippen molar-refractivity contribution < 1.29 is 13.2 Å². The Morgan fingerprint density at radius 2 is 1.94 bits per heavy atom. The Bertz CT molecular complexity index is 559. The highest BCUT2D eigenvalue weighted by atomic mass is 32.1. The molecule has 90 valence electrons. The summed E-state index contributed by atoms with van der Waals surface area (Å²) in [5.74, 6) is 0.0629. The number of nitrogens with zero attached hydrogens (tertiary/aromatic N) is 4. The second-order valence-electron chi connectivity index (χ2n) is 3.18. The number of alkyl halides is 3. The van der Waals surface area contributed by atoms with E-state index >= 15 is 0 Å². The molecule has 0 aromatic carbocycles. The first-order valence-corrected chi connectivity index (χ1v) is 4.85. The van der Waals surface area contributed by atoms with Crippen molar-refractivity contribution in [2.45, 2.75) is 12.7 Å². The van der Waals surface area contributed by atoms with Gasteiger partial charge in [-0.25, -0.2) is 9.97 Å². The molecule has 2 aromatic heterocycles. The van der Waals surface area contributed by atoms with Gasteiger partial charge in [-0.3, -0.25) is 9.67 Å². The summed E-state index contributed by atoms with van der Waals surface area (Å²) in [6, 6.07) is 0. The van der Waals surface area contributed by atoms with Crippen LogP contribution in [0.1, 0.15) is 0 Å². The summed E-state index contributed by atoms with van der Waals surface area (Å²) >= 11 is 4.74. The van der Waals surface area contributed by atoms with Crippen LogP contribution in [0.5, 0.6) is 0 Å². The minimum atomic E-state index is -4.37. The molecule has 0 bridgehead atoms. The number of rotatable bonds is 2. The van der Waals surface area contributed by atoms with Gasteiger partial charge in [-0.15, -0.1) is 0 Å². The highest BCUT2D eigenvalue weighted by Gasteiger charge is 2.30. The Balaban J connectivity index is 2.47. The largest absolute Gasteiger partial charge is 0.406 e. The number of hydrogen-bond donors (Lipinski definition) is 1. The predicted octanol–water partition coefficient (Wildman–Crippen LogP) is 1.96. The first kappa shape index (κ1) is 11.7. The summed E-state index contributed by atoms with van der Waals surface area (Å²) < 4.78 is 37.8. The summed E-state index contributed by atoms with van der Waals surface area (Å²) in [6.45, 7) is -1.20. The summed E-state index contributed by atoms with van der Waals surface area (Å²) in [6.07, 6.45) is -0.360. The molecule has 5 nitrogen and oxygen atoms in total. The smallest absolute Gasteiger partial charge is 0.291 e. The Hall–Kier alpha value is -1.77. The van der Waals surface area contributed by atoms with Gasteiger partial charge in [0.05, 0.1) is 5.56 Å². The van der Waals surface area contributed by atoms with E-state index in [1.54, 1.807) is 0 Å². The predicted molar refractivity (Wildman–Crippen MR) is 54.5 cm³/mol. The third-order valence-electron chi connectivity index (χ3n) is 1.91. The molecule has 17 heavy (non-hydrogen) atoms. The Kier molecular flexibility index (Phi) is 2.92. The lowest BCUT2D eigenvalue weighted by Crippen LogP contribution is -2.18. The van der Waals surface area contributed by atoms with Crippen molar-refractivity contribution in [1.82, 2.24) is 24.7 Å². The highest BCUT2D eigenvalue weighted by Crippen LogP contribution is 2.22. The Morgan fingerprint density at radius 1 is 1.29 bits per heavy atom. The third-order valence-corrected chi connectivity index (χ3v) is 2.23. The summed E-state index contributed by atoms with van der Waals surface area (Å²) in [5.41, 5.74) is 0.365. The SMILES string of the molecule is FC(F)(F)Cn1c(-c2cncnc2)n[nH]c1=S. The van der Waals surface area contributed by atoms with Gasteiger partial charge in [-0.1, -0.05) is 0 Å². The number of aromatic amines is 1. The molecule has 2 rings (SSSR count). The van der Waals surface area contributed by atoms with Gasteiger partial charge in [0.2, 0.25) is 0 Å². The number of H-pyrrole nitrogens is 1. The molecule has 0 radical (unpaired) electrons. The molecular weight excluding hydrogens is 255 g/mol. The van der Waals surface area contributed by atoms with Gasteiger partial charge < -0.3 is 0 Å². The van der Waals surface area contributed by atoms with Crippen molar-refractivity contribution >= 4 is 12.2 Å². The van der Waals surface area contributed by atoms with Crippen molar-refractivity contribution in [3.63, 3.8) is 0 Å². The van der Waals surface area contributed by atoms with Gasteiger partial charge in [0.1, 0.15) is 12.9 Å². The van der Waals surface area contributed by atoms with Crippen LogP contribution in [0.4, 0.5) is 13.2 Å². The van der Waals surface area contributed by atoms with Gasteiger partial charge in [0, 0.05) is 12.4 Å². The molecule has 0 saturated heterocycles. The fraction of sp³-hybridized carbons (Fsp3) is 0.250. The highest BCUT2D eigenvalue weighted by molar-refractivity contribution is 7.71. The molecule has 2 aromatic rings. The minimum absolute atomic E-state index is 0.0629. The fourth-order valence-electron chi connectivity index (χ4n) is 1.28. The zero-order valence-electron chi connectivity index (χ0n) is 8.27. The maximum absolute atomic E-state index is 12.4. The van der Waals surface area contributed by atoms with Gasteiger partial charge in [0.15, 0.2) is 10.6 Å². The molecule has 0 saturated carbocycles. The molecule has 0 aliphatic heterocycles. The molecule has 0 aliphatic carbocycles. The maximum Gasteiger partial charge on any atom is 0.406 e. The standard InChI is InChI=1S/C8H6F3N5S/c9-8(10,11)3-16-6(14-15-7(16)17)5-1-12-4-13-2-5/h1-2,4H,3H2,(H,15,17). The van der Waals surface area contributed by atoms with Gasteiger partial charge >= 0.3 is 6.18 Å². The van der Waals surface area contributed by atoms with E-state index in [4.69, 9.17) is 12.2 Å². The zero-order chi connectivity index (χ0) is 12.5. The van der Waals surface area contributed by atoms with E-state index in [2.05, 4.69) is 20.2 Å². The summed E-state index contributed by atoms with van der Waals surface area (Å²) in [7, 11) is 0. The molecule has 0 unspecified atom stereocenters. The van der Waals surface area contributed by atoms with Crippen molar-refractivity contribution in [3.05, 3.63) is 23.5 Å². The topological polar surface area (TPSA) is 59.4 Å². The van der Waals surface area contributed by atoms with Crippen LogP contribution in [0, 0.1) is 4.77 Å². The van der Waals surface area contributed by atoms with Gasteiger partial charge in [-0.2, -0.15) is 18.3 Å². The zero-order valence-corrected chi connectivity index (χ0v) is 9.09. The molecule has 0 aliphatic rings. The molecule has 1 N–H and O–H groups in total. The second-order valence-corrected chi connectivity index (χ2v) is 3.57.